The van der Waals surface area contributed by atoms with E-state index >= 15 is 0 Å². The molecule has 1 amide bonds. The number of aromatic nitrogens is 2. The van der Waals surface area contributed by atoms with Crippen molar-refractivity contribution >= 4 is 22.9 Å². The van der Waals surface area contributed by atoms with E-state index in [2.05, 4.69) is 15.6 Å². The molecule has 0 bridgehead atoms. The lowest BCUT2D eigenvalue weighted by atomic mass is 10.1. The Labute approximate surface area is 167 Å². The third-order valence-corrected chi connectivity index (χ3v) is 4.08. The SMILES string of the molecule is CCCn1nc(C(=O)N/N=C\c2ccc(OCC#N)cc2)c2ccccc2c1=O. The molecule has 1 N–H and O–H groups in total. The van der Waals surface area contributed by atoms with Gasteiger partial charge in [-0.25, -0.2) is 10.1 Å². The maximum Gasteiger partial charge on any atom is 0.292 e. The van der Waals surface area contributed by atoms with Crippen molar-refractivity contribution in [3.05, 3.63) is 70.1 Å². The lowest BCUT2D eigenvalue weighted by Crippen LogP contribution is -2.29. The van der Waals surface area contributed by atoms with Crippen molar-refractivity contribution in [2.24, 2.45) is 5.10 Å². The maximum absolute atomic E-state index is 12.6. The summed E-state index contributed by atoms with van der Waals surface area (Å²) in [5.74, 6) is 0.0675. The number of nitrogens with zero attached hydrogens (tertiary/aromatic N) is 4. The highest BCUT2D eigenvalue weighted by atomic mass is 16.5. The Morgan fingerprint density at radius 3 is 2.66 bits per heavy atom. The number of fused-ring (bicyclic) bond motifs is 1. The molecule has 3 aromatic rings. The van der Waals surface area contributed by atoms with Gasteiger partial charge in [-0.2, -0.15) is 15.5 Å². The van der Waals surface area contributed by atoms with Gasteiger partial charge in [-0.3, -0.25) is 9.59 Å². The van der Waals surface area contributed by atoms with Crippen LogP contribution in [0.3, 0.4) is 0 Å². The lowest BCUT2D eigenvalue weighted by molar-refractivity contribution is 0.0949. The molecule has 0 aliphatic carbocycles. The van der Waals surface area contributed by atoms with Crippen LogP contribution in [0.1, 0.15) is 29.4 Å². The van der Waals surface area contributed by atoms with E-state index in [9.17, 15) is 9.59 Å². The summed E-state index contributed by atoms with van der Waals surface area (Å²) < 4.78 is 6.49. The molecular weight excluding hydrogens is 370 g/mol. The van der Waals surface area contributed by atoms with E-state index in [0.29, 0.717) is 23.1 Å². The zero-order chi connectivity index (χ0) is 20.6. The van der Waals surface area contributed by atoms with Crippen molar-refractivity contribution in [2.75, 3.05) is 6.61 Å². The average molecular weight is 389 g/mol. The summed E-state index contributed by atoms with van der Waals surface area (Å²) in [6, 6.07) is 15.7. The molecule has 2 aromatic carbocycles. The van der Waals surface area contributed by atoms with Crippen LogP contribution in [0.25, 0.3) is 10.8 Å². The van der Waals surface area contributed by atoms with Crippen LogP contribution in [0, 0.1) is 11.3 Å². The van der Waals surface area contributed by atoms with Gasteiger partial charge in [0, 0.05) is 11.9 Å². The van der Waals surface area contributed by atoms with Gasteiger partial charge in [0.1, 0.15) is 11.8 Å². The molecule has 0 radical (unpaired) electrons. The maximum atomic E-state index is 12.6. The van der Waals surface area contributed by atoms with Gasteiger partial charge in [-0.1, -0.05) is 25.1 Å². The van der Waals surface area contributed by atoms with Crippen LogP contribution < -0.4 is 15.7 Å². The van der Waals surface area contributed by atoms with Gasteiger partial charge in [0.25, 0.3) is 11.5 Å². The number of carbonyl (C=O) groups is 1. The first kappa shape index (κ1) is 19.8. The summed E-state index contributed by atoms with van der Waals surface area (Å²) in [6.45, 7) is 2.34. The number of carbonyl (C=O) groups excluding carboxylic acids is 1. The van der Waals surface area contributed by atoms with Crippen molar-refractivity contribution in [1.82, 2.24) is 15.2 Å². The number of benzene rings is 2. The normalized spacial score (nSPS) is 10.8. The summed E-state index contributed by atoms with van der Waals surface area (Å²) >= 11 is 0. The van der Waals surface area contributed by atoms with E-state index in [1.54, 1.807) is 48.5 Å². The smallest absolute Gasteiger partial charge is 0.292 e. The molecule has 0 saturated heterocycles. The fourth-order valence-corrected chi connectivity index (χ4v) is 2.75. The molecule has 1 aromatic heterocycles. The van der Waals surface area contributed by atoms with E-state index in [-0.39, 0.29) is 17.9 Å². The van der Waals surface area contributed by atoms with Gasteiger partial charge < -0.3 is 4.74 Å². The van der Waals surface area contributed by atoms with Gasteiger partial charge in [-0.15, -0.1) is 0 Å². The number of aryl methyl sites for hydroxylation is 1. The van der Waals surface area contributed by atoms with Gasteiger partial charge in [0.15, 0.2) is 12.3 Å². The first-order valence-electron chi connectivity index (χ1n) is 9.07. The second kappa shape index (κ2) is 9.28. The largest absolute Gasteiger partial charge is 0.479 e. The van der Waals surface area contributed by atoms with E-state index < -0.39 is 5.91 Å². The van der Waals surface area contributed by atoms with Gasteiger partial charge >= 0.3 is 0 Å². The minimum atomic E-state index is -0.503. The highest BCUT2D eigenvalue weighted by Crippen LogP contribution is 2.14. The summed E-state index contributed by atoms with van der Waals surface area (Å²) in [5, 5.41) is 17.6. The molecule has 0 fully saturated rings. The summed E-state index contributed by atoms with van der Waals surface area (Å²) in [5.41, 5.74) is 3.12. The van der Waals surface area contributed by atoms with Crippen LogP contribution in [0.4, 0.5) is 0 Å². The predicted molar refractivity (Wildman–Crippen MR) is 109 cm³/mol. The number of amides is 1. The number of ether oxygens (including phenoxy) is 1. The molecular formula is C21H19N5O3. The molecule has 3 rings (SSSR count). The van der Waals surface area contributed by atoms with E-state index in [1.165, 1.54) is 10.9 Å². The first-order chi connectivity index (χ1) is 14.1. The zero-order valence-electron chi connectivity index (χ0n) is 15.8. The number of rotatable bonds is 7. The fraction of sp³-hybridized carbons (Fsp3) is 0.190. The lowest BCUT2D eigenvalue weighted by Gasteiger charge is -2.09. The molecule has 29 heavy (non-hydrogen) atoms. The number of hydrazone groups is 1. The Bertz CT molecular complexity index is 1140. The van der Waals surface area contributed by atoms with Gasteiger partial charge in [0.05, 0.1) is 11.6 Å². The topological polar surface area (TPSA) is 109 Å². The van der Waals surface area contributed by atoms with Gasteiger partial charge in [-0.05, 0) is 42.3 Å². The summed E-state index contributed by atoms with van der Waals surface area (Å²) in [6.07, 6.45) is 2.20. The van der Waals surface area contributed by atoms with E-state index in [0.717, 1.165) is 12.0 Å². The van der Waals surface area contributed by atoms with E-state index in [1.807, 2.05) is 13.0 Å². The van der Waals surface area contributed by atoms with Crippen LogP contribution in [0.15, 0.2) is 58.4 Å². The number of hydrogen-bond acceptors (Lipinski definition) is 6. The summed E-state index contributed by atoms with van der Waals surface area (Å²) in [4.78, 5) is 25.1. The van der Waals surface area contributed by atoms with Crippen molar-refractivity contribution in [3.8, 4) is 11.8 Å². The molecule has 0 aliphatic rings. The summed E-state index contributed by atoms with van der Waals surface area (Å²) in [7, 11) is 0. The molecule has 0 saturated carbocycles. The van der Waals surface area contributed by atoms with E-state index in [4.69, 9.17) is 10.00 Å². The minimum absolute atomic E-state index is 0.0232. The van der Waals surface area contributed by atoms with Gasteiger partial charge in [0.2, 0.25) is 0 Å². The molecule has 146 valence electrons. The third-order valence-electron chi connectivity index (χ3n) is 4.08. The predicted octanol–water partition coefficient (Wildman–Crippen LogP) is 2.47. The van der Waals surface area contributed by atoms with Crippen LogP contribution in [0.5, 0.6) is 5.75 Å². The zero-order valence-corrected chi connectivity index (χ0v) is 15.8. The standard InChI is InChI=1S/C21H19N5O3/c1-2-12-26-21(28)18-6-4-3-5-17(18)19(25-26)20(27)24-23-14-15-7-9-16(10-8-15)29-13-11-22/h3-10,14H,2,12-13H2,1H3,(H,24,27)/b23-14-. The Morgan fingerprint density at radius 1 is 1.24 bits per heavy atom. The van der Waals surface area contributed by atoms with Crippen molar-refractivity contribution in [1.29, 1.82) is 5.26 Å². The van der Waals surface area contributed by atoms with Crippen molar-refractivity contribution < 1.29 is 9.53 Å². The minimum Gasteiger partial charge on any atom is -0.479 e. The van der Waals surface area contributed by atoms with Crippen molar-refractivity contribution in [2.45, 2.75) is 19.9 Å². The highest BCUT2D eigenvalue weighted by Gasteiger charge is 2.15. The second-order valence-electron chi connectivity index (χ2n) is 6.14. The molecule has 1 heterocycles. The Balaban J connectivity index is 1.79. The average Bonchev–Trinajstić information content (AvgIpc) is 2.75. The quantitative estimate of drug-likeness (QED) is 0.493. The molecule has 0 aliphatic heterocycles. The molecule has 8 nitrogen and oxygen atoms in total. The number of nitrogens with one attached hydrogen (secondary N) is 1. The Kier molecular flexibility index (Phi) is 6.32. The number of hydrogen-bond donors (Lipinski definition) is 1. The van der Waals surface area contributed by atoms with Crippen LogP contribution in [-0.2, 0) is 6.54 Å². The van der Waals surface area contributed by atoms with Crippen LogP contribution in [0.2, 0.25) is 0 Å². The molecule has 0 spiro atoms. The molecule has 0 unspecified atom stereocenters. The van der Waals surface area contributed by atoms with Crippen LogP contribution >= 0.6 is 0 Å². The fourth-order valence-electron chi connectivity index (χ4n) is 2.75. The molecule has 0 atom stereocenters. The number of nitriles is 1. The first-order valence-corrected chi connectivity index (χ1v) is 9.07. The molecule has 8 heteroatoms. The van der Waals surface area contributed by atoms with Crippen molar-refractivity contribution in [3.63, 3.8) is 0 Å². The highest BCUT2D eigenvalue weighted by molar-refractivity contribution is 6.04. The van der Waals surface area contributed by atoms with Crippen LogP contribution in [-0.4, -0.2) is 28.5 Å². The second-order valence-corrected chi connectivity index (χ2v) is 6.14. The Hall–Kier alpha value is -3.99. The third kappa shape index (κ3) is 4.65. The monoisotopic (exact) mass is 389 g/mol. The Morgan fingerprint density at radius 2 is 1.97 bits per heavy atom.